The summed E-state index contributed by atoms with van der Waals surface area (Å²) < 4.78 is 5.20. The minimum absolute atomic E-state index is 0.223. The summed E-state index contributed by atoms with van der Waals surface area (Å²) in [6, 6.07) is 11.9. The number of carbonyl (C=O) groups excluding carboxylic acids is 2. The first-order chi connectivity index (χ1) is 11.4. The van der Waals surface area contributed by atoms with E-state index in [1.807, 2.05) is 6.26 Å². The number of rotatable bonds is 5. The fourth-order valence-electron chi connectivity index (χ4n) is 1.86. The zero-order valence-corrected chi connectivity index (χ0v) is 15.3. The van der Waals surface area contributed by atoms with E-state index in [1.165, 1.54) is 18.7 Å². The predicted molar refractivity (Wildman–Crippen MR) is 98.2 cm³/mol. The van der Waals surface area contributed by atoms with E-state index in [-0.39, 0.29) is 10.6 Å². The van der Waals surface area contributed by atoms with Crippen molar-refractivity contribution in [2.45, 2.75) is 17.9 Å². The van der Waals surface area contributed by atoms with Crippen molar-refractivity contribution in [2.75, 3.05) is 11.6 Å². The van der Waals surface area contributed by atoms with Gasteiger partial charge in [0, 0.05) is 4.90 Å². The van der Waals surface area contributed by atoms with E-state index in [0.717, 1.165) is 4.90 Å². The third-order valence-electron chi connectivity index (χ3n) is 3.18. The van der Waals surface area contributed by atoms with Gasteiger partial charge in [0.15, 0.2) is 6.10 Å². The summed E-state index contributed by atoms with van der Waals surface area (Å²) in [5.41, 5.74) is 0.676. The zero-order valence-electron chi connectivity index (χ0n) is 13.0. The van der Waals surface area contributed by atoms with E-state index in [9.17, 15) is 9.59 Å². The van der Waals surface area contributed by atoms with Crippen molar-refractivity contribution in [3.63, 3.8) is 0 Å². The van der Waals surface area contributed by atoms with Crippen molar-refractivity contribution in [3.8, 4) is 0 Å². The maximum atomic E-state index is 12.2. The topological polar surface area (TPSA) is 55.4 Å². The van der Waals surface area contributed by atoms with Crippen molar-refractivity contribution in [2.24, 2.45) is 0 Å². The maximum absolute atomic E-state index is 12.2. The van der Waals surface area contributed by atoms with Crippen LogP contribution in [0.15, 0.2) is 47.4 Å². The van der Waals surface area contributed by atoms with E-state index in [1.54, 1.807) is 42.5 Å². The third-order valence-corrected chi connectivity index (χ3v) is 4.56. The van der Waals surface area contributed by atoms with Gasteiger partial charge >= 0.3 is 5.97 Å². The summed E-state index contributed by atoms with van der Waals surface area (Å²) in [4.78, 5) is 25.3. The highest BCUT2D eigenvalue weighted by molar-refractivity contribution is 7.98. The lowest BCUT2D eigenvalue weighted by molar-refractivity contribution is -0.123. The summed E-state index contributed by atoms with van der Waals surface area (Å²) >= 11 is 13.5. The molecule has 0 fully saturated rings. The van der Waals surface area contributed by atoms with Crippen molar-refractivity contribution in [1.29, 1.82) is 0 Å². The van der Waals surface area contributed by atoms with Crippen LogP contribution in [0.2, 0.25) is 10.0 Å². The lowest BCUT2D eigenvalue weighted by Gasteiger charge is -2.15. The quantitative estimate of drug-likeness (QED) is 0.589. The van der Waals surface area contributed by atoms with Gasteiger partial charge in [0.25, 0.3) is 5.91 Å². The Labute approximate surface area is 154 Å². The number of amides is 1. The van der Waals surface area contributed by atoms with Crippen LogP contribution in [0.25, 0.3) is 0 Å². The molecule has 0 aliphatic rings. The lowest BCUT2D eigenvalue weighted by Crippen LogP contribution is -2.30. The SMILES string of the molecule is CSc1ccc(Cl)c(C(=O)OC(C)C(=O)Nc2ccccc2Cl)c1. The van der Waals surface area contributed by atoms with Gasteiger partial charge in [0.2, 0.25) is 0 Å². The van der Waals surface area contributed by atoms with E-state index < -0.39 is 18.0 Å². The normalized spacial score (nSPS) is 11.7. The van der Waals surface area contributed by atoms with E-state index >= 15 is 0 Å². The molecule has 1 amide bonds. The molecule has 0 saturated heterocycles. The Bertz CT molecular complexity index is 767. The van der Waals surface area contributed by atoms with Crippen LogP contribution >= 0.6 is 35.0 Å². The number of hydrogen-bond donors (Lipinski definition) is 1. The molecule has 0 radical (unpaired) electrons. The molecule has 2 aromatic rings. The molecule has 2 aromatic carbocycles. The summed E-state index contributed by atoms with van der Waals surface area (Å²) in [5, 5.41) is 3.30. The number of hydrogen-bond acceptors (Lipinski definition) is 4. The van der Waals surface area contributed by atoms with E-state index in [2.05, 4.69) is 5.32 Å². The van der Waals surface area contributed by atoms with Crippen LogP contribution in [0.4, 0.5) is 5.69 Å². The minimum Gasteiger partial charge on any atom is -0.449 e. The molecule has 0 saturated carbocycles. The summed E-state index contributed by atoms with van der Waals surface area (Å²) in [5.74, 6) is -1.13. The second-order valence-electron chi connectivity index (χ2n) is 4.86. The van der Waals surface area contributed by atoms with Crippen LogP contribution in [0.3, 0.4) is 0 Å². The predicted octanol–water partition coefficient (Wildman–Crippen LogP) is 4.90. The van der Waals surface area contributed by atoms with Gasteiger partial charge in [-0.15, -0.1) is 11.8 Å². The molecule has 0 aromatic heterocycles. The number of para-hydroxylation sites is 1. The summed E-state index contributed by atoms with van der Waals surface area (Å²) in [6.45, 7) is 1.48. The number of anilines is 1. The zero-order chi connectivity index (χ0) is 17.7. The van der Waals surface area contributed by atoms with Crippen molar-refractivity contribution in [3.05, 3.63) is 58.1 Å². The monoisotopic (exact) mass is 383 g/mol. The molecule has 1 atom stereocenters. The molecule has 1 N–H and O–H groups in total. The van der Waals surface area contributed by atoms with Gasteiger partial charge in [-0.25, -0.2) is 4.79 Å². The molecule has 0 heterocycles. The van der Waals surface area contributed by atoms with Gasteiger partial charge in [-0.2, -0.15) is 0 Å². The number of thioether (sulfide) groups is 1. The molecule has 2 rings (SSSR count). The number of esters is 1. The van der Waals surface area contributed by atoms with Gasteiger partial charge < -0.3 is 10.1 Å². The van der Waals surface area contributed by atoms with Crippen molar-refractivity contribution in [1.82, 2.24) is 0 Å². The van der Waals surface area contributed by atoms with Gasteiger partial charge in [0.05, 0.1) is 21.3 Å². The Hall–Kier alpha value is -1.69. The Balaban J connectivity index is 2.06. The molecule has 1 unspecified atom stereocenters. The first-order valence-corrected chi connectivity index (χ1v) is 9.00. The molecule has 0 aliphatic carbocycles. The first kappa shape index (κ1) is 18.6. The summed E-state index contributed by atoms with van der Waals surface area (Å²) in [7, 11) is 0. The molecular formula is C17H15Cl2NO3S. The Morgan fingerprint density at radius 3 is 2.50 bits per heavy atom. The highest BCUT2D eigenvalue weighted by atomic mass is 35.5. The van der Waals surface area contributed by atoms with Gasteiger partial charge in [0.1, 0.15) is 0 Å². The van der Waals surface area contributed by atoms with Crippen LogP contribution in [-0.2, 0) is 9.53 Å². The second-order valence-corrected chi connectivity index (χ2v) is 6.56. The molecule has 0 bridgehead atoms. The molecule has 24 heavy (non-hydrogen) atoms. The average Bonchev–Trinajstić information content (AvgIpc) is 2.57. The highest BCUT2D eigenvalue weighted by Gasteiger charge is 2.21. The molecule has 7 heteroatoms. The number of ether oxygens (including phenoxy) is 1. The van der Waals surface area contributed by atoms with Crippen LogP contribution < -0.4 is 5.32 Å². The standard InChI is InChI=1S/C17H15Cl2NO3S/c1-10(16(21)20-15-6-4-3-5-14(15)19)23-17(22)12-9-11(24-2)7-8-13(12)18/h3-10H,1-2H3,(H,20,21). The van der Waals surface area contributed by atoms with Crippen LogP contribution in [-0.4, -0.2) is 24.2 Å². The Morgan fingerprint density at radius 2 is 1.83 bits per heavy atom. The van der Waals surface area contributed by atoms with Crippen LogP contribution in [0, 0.1) is 0 Å². The number of benzene rings is 2. The fraction of sp³-hybridized carbons (Fsp3) is 0.176. The fourth-order valence-corrected chi connectivity index (χ4v) is 2.68. The van der Waals surface area contributed by atoms with Crippen LogP contribution in [0.1, 0.15) is 17.3 Å². The minimum atomic E-state index is -0.997. The lowest BCUT2D eigenvalue weighted by atomic mass is 10.2. The third kappa shape index (κ3) is 4.66. The average molecular weight is 384 g/mol. The molecule has 126 valence electrons. The number of nitrogens with one attached hydrogen (secondary N) is 1. The molecular weight excluding hydrogens is 369 g/mol. The molecule has 4 nitrogen and oxygen atoms in total. The largest absolute Gasteiger partial charge is 0.449 e. The summed E-state index contributed by atoms with van der Waals surface area (Å²) in [6.07, 6.45) is 0.889. The van der Waals surface area contributed by atoms with Gasteiger partial charge in [-0.3, -0.25) is 4.79 Å². The van der Waals surface area contributed by atoms with Crippen LogP contribution in [0.5, 0.6) is 0 Å². The Morgan fingerprint density at radius 1 is 1.12 bits per heavy atom. The van der Waals surface area contributed by atoms with E-state index in [0.29, 0.717) is 10.7 Å². The highest BCUT2D eigenvalue weighted by Crippen LogP contribution is 2.24. The maximum Gasteiger partial charge on any atom is 0.340 e. The van der Waals surface area contributed by atoms with E-state index in [4.69, 9.17) is 27.9 Å². The van der Waals surface area contributed by atoms with Crippen molar-refractivity contribution < 1.29 is 14.3 Å². The first-order valence-electron chi connectivity index (χ1n) is 7.02. The van der Waals surface area contributed by atoms with Gasteiger partial charge in [-0.05, 0) is 43.5 Å². The smallest absolute Gasteiger partial charge is 0.340 e. The van der Waals surface area contributed by atoms with Gasteiger partial charge in [-0.1, -0.05) is 35.3 Å². The second kappa shape index (κ2) is 8.42. The number of carbonyl (C=O) groups is 2. The molecule has 0 aliphatic heterocycles. The van der Waals surface area contributed by atoms with Crippen molar-refractivity contribution >= 4 is 52.5 Å². The molecule has 0 spiro atoms. The Kier molecular flexibility index (Phi) is 6.54. The number of halogens is 2.